The maximum atomic E-state index is 9.35. The summed E-state index contributed by atoms with van der Waals surface area (Å²) < 4.78 is 4.87. The molecule has 0 aromatic carbocycles. The third kappa shape index (κ3) is 1.10. The lowest BCUT2D eigenvalue weighted by Crippen LogP contribution is -2.20. The molecule has 0 spiro atoms. The molecule has 0 amide bonds. The maximum Gasteiger partial charge on any atom is 0.164 e. The van der Waals surface area contributed by atoms with Crippen molar-refractivity contribution in [2.24, 2.45) is 11.8 Å². The number of hydrogen-bond acceptors (Lipinski definition) is 3. The zero-order chi connectivity index (χ0) is 8.72. The number of aliphatic hydroxyl groups is 2. The van der Waals surface area contributed by atoms with Crippen LogP contribution in [0.4, 0.5) is 0 Å². The van der Waals surface area contributed by atoms with E-state index in [1.54, 1.807) is 0 Å². The molecule has 3 nitrogen and oxygen atoms in total. The molecule has 1 fully saturated rings. The zero-order valence-electron chi connectivity index (χ0n) is 6.84. The maximum absolute atomic E-state index is 9.35. The predicted molar refractivity (Wildman–Crippen MR) is 43.0 cm³/mol. The van der Waals surface area contributed by atoms with Crippen molar-refractivity contribution < 1.29 is 14.9 Å². The van der Waals surface area contributed by atoms with Gasteiger partial charge in [0.05, 0.1) is 0 Å². The Morgan fingerprint density at radius 1 is 1.25 bits per heavy atom. The standard InChI is InChI=1S/C9H12O3/c1-5-2-3-6-7(4-5)9(11)12-8(6)10/h2-4,6-11H,1H3. The smallest absolute Gasteiger partial charge is 0.164 e. The first kappa shape index (κ1) is 7.98. The molecule has 1 aliphatic carbocycles. The van der Waals surface area contributed by atoms with Gasteiger partial charge < -0.3 is 14.9 Å². The van der Waals surface area contributed by atoms with Crippen molar-refractivity contribution in [3.05, 3.63) is 23.8 Å². The minimum absolute atomic E-state index is 0.0787. The van der Waals surface area contributed by atoms with E-state index in [0.717, 1.165) is 5.57 Å². The molecule has 12 heavy (non-hydrogen) atoms. The normalized spacial score (nSPS) is 45.8. The molecule has 4 unspecified atom stereocenters. The quantitative estimate of drug-likeness (QED) is 0.550. The molecule has 0 aromatic heterocycles. The topological polar surface area (TPSA) is 49.7 Å². The minimum atomic E-state index is -0.857. The molecule has 4 atom stereocenters. The van der Waals surface area contributed by atoms with Crippen LogP contribution in [0.2, 0.25) is 0 Å². The summed E-state index contributed by atoms with van der Waals surface area (Å²) in [6.07, 6.45) is 4.05. The van der Waals surface area contributed by atoms with Gasteiger partial charge in [-0.2, -0.15) is 0 Å². The molecular weight excluding hydrogens is 156 g/mol. The molecule has 66 valence electrons. The van der Waals surface area contributed by atoms with Gasteiger partial charge >= 0.3 is 0 Å². The summed E-state index contributed by atoms with van der Waals surface area (Å²) in [5, 5.41) is 18.7. The summed E-state index contributed by atoms with van der Waals surface area (Å²) in [6.45, 7) is 1.96. The SMILES string of the molecule is CC1=CC2C(O)OC(O)C2C=C1. The highest BCUT2D eigenvalue weighted by molar-refractivity contribution is 5.25. The summed E-state index contributed by atoms with van der Waals surface area (Å²) in [7, 11) is 0. The summed E-state index contributed by atoms with van der Waals surface area (Å²) in [5.74, 6) is -0.159. The zero-order valence-corrected chi connectivity index (χ0v) is 6.84. The first-order chi connectivity index (χ1) is 5.68. The predicted octanol–water partition coefficient (Wildman–Crippen LogP) is 0.402. The Morgan fingerprint density at radius 2 is 1.92 bits per heavy atom. The van der Waals surface area contributed by atoms with Crippen molar-refractivity contribution in [3.8, 4) is 0 Å². The monoisotopic (exact) mass is 168 g/mol. The lowest BCUT2D eigenvalue weighted by Gasteiger charge is -2.18. The van der Waals surface area contributed by atoms with Crippen molar-refractivity contribution in [2.75, 3.05) is 0 Å². The van der Waals surface area contributed by atoms with E-state index in [0.29, 0.717) is 0 Å². The third-order valence-corrected chi connectivity index (χ3v) is 2.42. The first-order valence-corrected chi connectivity index (χ1v) is 4.07. The first-order valence-electron chi connectivity index (χ1n) is 4.07. The van der Waals surface area contributed by atoms with E-state index in [1.165, 1.54) is 0 Å². The summed E-state index contributed by atoms with van der Waals surface area (Å²) in [5.41, 5.74) is 1.10. The molecule has 1 aliphatic heterocycles. The van der Waals surface area contributed by atoms with Gasteiger partial charge in [0, 0.05) is 11.8 Å². The van der Waals surface area contributed by atoms with Crippen LogP contribution in [0.5, 0.6) is 0 Å². The van der Waals surface area contributed by atoms with E-state index in [2.05, 4.69) is 0 Å². The lowest BCUT2D eigenvalue weighted by atomic mass is 9.87. The van der Waals surface area contributed by atoms with Gasteiger partial charge in [-0.15, -0.1) is 0 Å². The van der Waals surface area contributed by atoms with Crippen LogP contribution in [0, 0.1) is 11.8 Å². The number of ether oxygens (including phenoxy) is 1. The van der Waals surface area contributed by atoms with Crippen molar-refractivity contribution in [1.29, 1.82) is 0 Å². The van der Waals surface area contributed by atoms with Crippen molar-refractivity contribution >= 4 is 0 Å². The van der Waals surface area contributed by atoms with Crippen LogP contribution in [0.15, 0.2) is 23.8 Å². The molecule has 0 saturated carbocycles. The molecule has 3 heteroatoms. The van der Waals surface area contributed by atoms with Crippen LogP contribution in [-0.2, 0) is 4.74 Å². The number of hydrogen-bond donors (Lipinski definition) is 2. The molecule has 2 rings (SSSR count). The molecule has 1 saturated heterocycles. The molecule has 2 aliphatic rings. The van der Waals surface area contributed by atoms with Crippen LogP contribution in [-0.4, -0.2) is 22.8 Å². The average molecular weight is 168 g/mol. The fourth-order valence-corrected chi connectivity index (χ4v) is 1.74. The van der Waals surface area contributed by atoms with Crippen LogP contribution < -0.4 is 0 Å². The van der Waals surface area contributed by atoms with Gasteiger partial charge in [0.25, 0.3) is 0 Å². The Bertz CT molecular complexity index is 244. The Labute approximate surface area is 71.0 Å². The van der Waals surface area contributed by atoms with E-state index in [-0.39, 0.29) is 11.8 Å². The molecule has 0 radical (unpaired) electrons. The Morgan fingerprint density at radius 3 is 2.67 bits per heavy atom. The van der Waals surface area contributed by atoms with Gasteiger partial charge in [0.15, 0.2) is 12.6 Å². The van der Waals surface area contributed by atoms with E-state index in [4.69, 9.17) is 4.74 Å². The average Bonchev–Trinajstić information content (AvgIpc) is 2.28. The van der Waals surface area contributed by atoms with Gasteiger partial charge in [-0.3, -0.25) is 0 Å². The Kier molecular flexibility index (Phi) is 1.79. The molecule has 0 bridgehead atoms. The molecular formula is C9H12O3. The fourth-order valence-electron chi connectivity index (χ4n) is 1.74. The van der Waals surface area contributed by atoms with Crippen LogP contribution >= 0.6 is 0 Å². The molecule has 2 N–H and O–H groups in total. The molecule has 1 heterocycles. The summed E-state index contributed by atoms with van der Waals surface area (Å²) in [4.78, 5) is 0. The van der Waals surface area contributed by atoms with Gasteiger partial charge in [-0.05, 0) is 6.92 Å². The van der Waals surface area contributed by atoms with Crippen LogP contribution in [0.25, 0.3) is 0 Å². The highest BCUT2D eigenvalue weighted by Gasteiger charge is 2.41. The number of rotatable bonds is 0. The van der Waals surface area contributed by atoms with Crippen LogP contribution in [0.3, 0.4) is 0 Å². The number of fused-ring (bicyclic) bond motifs is 1. The van der Waals surface area contributed by atoms with E-state index in [1.807, 2.05) is 25.2 Å². The van der Waals surface area contributed by atoms with E-state index >= 15 is 0 Å². The second-order valence-corrected chi connectivity index (χ2v) is 3.34. The van der Waals surface area contributed by atoms with Crippen molar-refractivity contribution in [2.45, 2.75) is 19.5 Å². The van der Waals surface area contributed by atoms with E-state index < -0.39 is 12.6 Å². The van der Waals surface area contributed by atoms with Crippen molar-refractivity contribution in [1.82, 2.24) is 0 Å². The minimum Gasteiger partial charge on any atom is -0.367 e. The lowest BCUT2D eigenvalue weighted by molar-refractivity contribution is -0.169. The van der Waals surface area contributed by atoms with Crippen molar-refractivity contribution in [3.63, 3.8) is 0 Å². The van der Waals surface area contributed by atoms with E-state index in [9.17, 15) is 10.2 Å². The summed E-state index contributed by atoms with van der Waals surface area (Å²) >= 11 is 0. The highest BCUT2D eigenvalue weighted by atomic mass is 16.7. The van der Waals surface area contributed by atoms with Gasteiger partial charge in [-0.1, -0.05) is 23.8 Å². The highest BCUT2D eigenvalue weighted by Crippen LogP contribution is 2.35. The van der Waals surface area contributed by atoms with Gasteiger partial charge in [-0.25, -0.2) is 0 Å². The van der Waals surface area contributed by atoms with Gasteiger partial charge in [0.1, 0.15) is 0 Å². The second kappa shape index (κ2) is 2.69. The summed E-state index contributed by atoms with van der Waals surface area (Å²) in [6, 6.07) is 0. The number of aliphatic hydroxyl groups excluding tert-OH is 2. The Balaban J connectivity index is 2.25. The second-order valence-electron chi connectivity index (χ2n) is 3.34. The third-order valence-electron chi connectivity index (χ3n) is 2.42. The van der Waals surface area contributed by atoms with Crippen LogP contribution in [0.1, 0.15) is 6.92 Å². The van der Waals surface area contributed by atoms with Gasteiger partial charge in [0.2, 0.25) is 0 Å². The Hall–Kier alpha value is -0.640. The fraction of sp³-hybridized carbons (Fsp3) is 0.556. The number of allylic oxidation sites excluding steroid dienone is 2. The largest absolute Gasteiger partial charge is 0.367 e. The molecule has 0 aromatic rings.